The minimum absolute atomic E-state index is 0.104. The molecule has 136 valence electrons. The Bertz CT molecular complexity index is 1210. The Hall–Kier alpha value is -2.94. The maximum absolute atomic E-state index is 13.2. The summed E-state index contributed by atoms with van der Waals surface area (Å²) >= 11 is 4.96. The molecule has 4 rings (SSSR count). The van der Waals surface area contributed by atoms with Crippen LogP contribution in [0.3, 0.4) is 0 Å². The second kappa shape index (κ2) is 7.97. The normalized spacial score (nSPS) is 10.6. The number of ether oxygens (including phenoxy) is 1. The SMILES string of the molecule is N#Cc1ccc(C(=O)c2sc3ccccc3c2OCc2ccccc2Br)cc1. The Balaban J connectivity index is 1.73. The molecule has 1 heterocycles. The number of hydrogen-bond donors (Lipinski definition) is 0. The smallest absolute Gasteiger partial charge is 0.206 e. The fourth-order valence-corrected chi connectivity index (χ4v) is 4.42. The molecule has 0 saturated heterocycles. The summed E-state index contributed by atoms with van der Waals surface area (Å²) in [6.07, 6.45) is 0. The van der Waals surface area contributed by atoms with Gasteiger partial charge < -0.3 is 4.74 Å². The highest BCUT2D eigenvalue weighted by Gasteiger charge is 2.21. The molecular weight excluding hydrogens is 434 g/mol. The van der Waals surface area contributed by atoms with E-state index in [1.807, 2.05) is 48.5 Å². The standard InChI is InChI=1S/C23H14BrNO2S/c24-19-7-3-1-5-17(19)14-27-22-18-6-2-4-8-20(18)28-23(22)21(26)16-11-9-15(13-25)10-12-16/h1-12H,14H2. The largest absolute Gasteiger partial charge is 0.487 e. The molecule has 0 aliphatic heterocycles. The molecule has 0 atom stereocenters. The van der Waals surface area contributed by atoms with Crippen molar-refractivity contribution in [1.82, 2.24) is 0 Å². The number of rotatable bonds is 5. The summed E-state index contributed by atoms with van der Waals surface area (Å²) in [5.74, 6) is 0.499. The highest BCUT2D eigenvalue weighted by atomic mass is 79.9. The number of thiophene rings is 1. The van der Waals surface area contributed by atoms with Gasteiger partial charge in [0.1, 0.15) is 17.2 Å². The van der Waals surface area contributed by atoms with Gasteiger partial charge >= 0.3 is 0 Å². The Morgan fingerprint density at radius 3 is 2.46 bits per heavy atom. The lowest BCUT2D eigenvalue weighted by Gasteiger charge is -2.09. The Morgan fingerprint density at radius 1 is 1.00 bits per heavy atom. The van der Waals surface area contributed by atoms with Gasteiger partial charge in [0.2, 0.25) is 5.78 Å². The van der Waals surface area contributed by atoms with Gasteiger partial charge in [0.25, 0.3) is 0 Å². The van der Waals surface area contributed by atoms with Crippen LogP contribution in [0.4, 0.5) is 0 Å². The molecule has 0 bridgehead atoms. The number of hydrogen-bond acceptors (Lipinski definition) is 4. The van der Waals surface area contributed by atoms with E-state index in [9.17, 15) is 4.79 Å². The van der Waals surface area contributed by atoms with Gasteiger partial charge in [-0.1, -0.05) is 46.3 Å². The summed E-state index contributed by atoms with van der Waals surface area (Å²) in [5, 5.41) is 9.89. The van der Waals surface area contributed by atoms with Crippen LogP contribution in [-0.2, 0) is 6.61 Å². The zero-order valence-electron chi connectivity index (χ0n) is 14.7. The van der Waals surface area contributed by atoms with Crippen LogP contribution in [0.15, 0.2) is 77.3 Å². The molecule has 3 aromatic carbocycles. The average Bonchev–Trinajstić information content (AvgIpc) is 3.11. The van der Waals surface area contributed by atoms with E-state index in [1.54, 1.807) is 24.3 Å². The van der Waals surface area contributed by atoms with Crippen molar-refractivity contribution in [1.29, 1.82) is 5.26 Å². The number of fused-ring (bicyclic) bond motifs is 1. The zero-order valence-corrected chi connectivity index (χ0v) is 17.1. The first-order chi connectivity index (χ1) is 13.7. The van der Waals surface area contributed by atoms with Crippen molar-refractivity contribution in [3.63, 3.8) is 0 Å². The number of nitriles is 1. The maximum Gasteiger partial charge on any atom is 0.206 e. The van der Waals surface area contributed by atoms with Gasteiger partial charge in [0.15, 0.2) is 0 Å². The molecule has 0 radical (unpaired) electrons. The van der Waals surface area contributed by atoms with Crippen molar-refractivity contribution in [2.75, 3.05) is 0 Å². The number of carbonyl (C=O) groups is 1. The quantitative estimate of drug-likeness (QED) is 0.335. The highest BCUT2D eigenvalue weighted by Crippen LogP contribution is 2.39. The van der Waals surface area contributed by atoms with Gasteiger partial charge in [-0.25, -0.2) is 0 Å². The lowest BCUT2D eigenvalue weighted by molar-refractivity contribution is 0.103. The van der Waals surface area contributed by atoms with Crippen LogP contribution in [0.25, 0.3) is 10.1 Å². The maximum atomic E-state index is 13.2. The van der Waals surface area contributed by atoms with E-state index in [1.165, 1.54) is 11.3 Å². The molecule has 0 aliphatic rings. The fourth-order valence-electron chi connectivity index (χ4n) is 2.91. The van der Waals surface area contributed by atoms with Crippen LogP contribution in [0.5, 0.6) is 5.75 Å². The lowest BCUT2D eigenvalue weighted by Crippen LogP contribution is -2.03. The molecule has 0 amide bonds. The van der Waals surface area contributed by atoms with Crippen LogP contribution >= 0.6 is 27.3 Å². The van der Waals surface area contributed by atoms with E-state index >= 15 is 0 Å². The predicted molar refractivity (Wildman–Crippen MR) is 115 cm³/mol. The van der Waals surface area contributed by atoms with E-state index in [-0.39, 0.29) is 5.78 Å². The van der Waals surface area contributed by atoms with Gasteiger partial charge in [-0.15, -0.1) is 11.3 Å². The molecule has 0 N–H and O–H groups in total. The number of carbonyl (C=O) groups excluding carboxylic acids is 1. The molecule has 1 aromatic heterocycles. The minimum Gasteiger partial charge on any atom is -0.487 e. The van der Waals surface area contributed by atoms with Crippen molar-refractivity contribution < 1.29 is 9.53 Å². The first-order valence-corrected chi connectivity index (χ1v) is 10.2. The fraction of sp³-hybridized carbons (Fsp3) is 0.0435. The van der Waals surface area contributed by atoms with Crippen molar-refractivity contribution in [2.24, 2.45) is 0 Å². The zero-order chi connectivity index (χ0) is 19.5. The van der Waals surface area contributed by atoms with E-state index < -0.39 is 0 Å². The second-order valence-corrected chi connectivity index (χ2v) is 8.06. The Labute approximate surface area is 174 Å². The van der Waals surface area contributed by atoms with Crippen molar-refractivity contribution in [3.8, 4) is 11.8 Å². The number of benzene rings is 3. The summed E-state index contributed by atoms with van der Waals surface area (Å²) in [5.41, 5.74) is 2.07. The molecule has 0 saturated carbocycles. The number of nitrogens with zero attached hydrogens (tertiary/aromatic N) is 1. The third-order valence-electron chi connectivity index (χ3n) is 4.36. The first kappa shape index (κ1) is 18.4. The van der Waals surface area contributed by atoms with Gasteiger partial charge in [-0.3, -0.25) is 4.79 Å². The molecule has 4 aromatic rings. The van der Waals surface area contributed by atoms with Crippen LogP contribution < -0.4 is 4.74 Å². The second-order valence-electron chi connectivity index (χ2n) is 6.15. The van der Waals surface area contributed by atoms with Crippen molar-refractivity contribution in [3.05, 3.63) is 98.8 Å². The van der Waals surface area contributed by atoms with Crippen LogP contribution in [0.2, 0.25) is 0 Å². The molecular formula is C23H14BrNO2S. The van der Waals surface area contributed by atoms with Gasteiger partial charge in [0.05, 0.1) is 11.6 Å². The van der Waals surface area contributed by atoms with Crippen LogP contribution in [-0.4, -0.2) is 5.78 Å². The lowest BCUT2D eigenvalue weighted by atomic mass is 10.1. The molecule has 3 nitrogen and oxygen atoms in total. The molecule has 28 heavy (non-hydrogen) atoms. The van der Waals surface area contributed by atoms with E-state index in [0.29, 0.717) is 28.4 Å². The monoisotopic (exact) mass is 447 g/mol. The number of halogens is 1. The van der Waals surface area contributed by atoms with Gasteiger partial charge in [-0.2, -0.15) is 5.26 Å². The summed E-state index contributed by atoms with van der Waals surface area (Å²) in [7, 11) is 0. The third-order valence-corrected chi connectivity index (χ3v) is 6.29. The molecule has 0 unspecified atom stereocenters. The Kier molecular flexibility index (Phi) is 5.25. The Morgan fingerprint density at radius 2 is 1.71 bits per heavy atom. The summed E-state index contributed by atoms with van der Waals surface area (Å²) < 4.78 is 8.12. The van der Waals surface area contributed by atoms with E-state index in [4.69, 9.17) is 10.00 Å². The van der Waals surface area contributed by atoms with Crippen molar-refractivity contribution >= 4 is 43.1 Å². The molecule has 0 spiro atoms. The van der Waals surface area contributed by atoms with E-state index in [0.717, 1.165) is 20.1 Å². The molecule has 0 aliphatic carbocycles. The molecule has 5 heteroatoms. The van der Waals surface area contributed by atoms with Gasteiger partial charge in [-0.05, 0) is 42.5 Å². The van der Waals surface area contributed by atoms with Gasteiger partial charge in [0, 0.05) is 25.7 Å². The highest BCUT2D eigenvalue weighted by molar-refractivity contribution is 9.10. The molecule has 0 fully saturated rings. The average molecular weight is 448 g/mol. The first-order valence-electron chi connectivity index (χ1n) is 8.60. The van der Waals surface area contributed by atoms with Crippen LogP contribution in [0, 0.1) is 11.3 Å². The van der Waals surface area contributed by atoms with E-state index in [2.05, 4.69) is 22.0 Å². The summed E-state index contributed by atoms with van der Waals surface area (Å²) in [4.78, 5) is 13.7. The summed E-state index contributed by atoms with van der Waals surface area (Å²) in [6, 6.07) is 24.5. The third kappa shape index (κ3) is 3.57. The minimum atomic E-state index is -0.104. The summed E-state index contributed by atoms with van der Waals surface area (Å²) in [6.45, 7) is 0.357. The number of ketones is 1. The van der Waals surface area contributed by atoms with Crippen LogP contribution in [0.1, 0.15) is 26.4 Å². The topological polar surface area (TPSA) is 50.1 Å². The predicted octanol–water partition coefficient (Wildman–Crippen LogP) is 6.35. The van der Waals surface area contributed by atoms with Crippen molar-refractivity contribution in [2.45, 2.75) is 6.61 Å².